The van der Waals surface area contributed by atoms with Crippen molar-refractivity contribution < 1.29 is 9.59 Å². The SMILES string of the molecule is Cc1[nH]ncc1CCCN1C(=O)CC(C)(C)CC1=O. The molecule has 1 aromatic heterocycles. The summed E-state index contributed by atoms with van der Waals surface area (Å²) in [4.78, 5) is 25.3. The lowest BCUT2D eigenvalue weighted by Gasteiger charge is -2.34. The highest BCUT2D eigenvalue weighted by molar-refractivity contribution is 5.98. The minimum Gasteiger partial charge on any atom is -0.283 e. The van der Waals surface area contributed by atoms with Gasteiger partial charge in [-0.1, -0.05) is 13.8 Å². The fourth-order valence-corrected chi connectivity index (χ4v) is 2.52. The molecule has 0 radical (unpaired) electrons. The maximum absolute atomic E-state index is 12.0. The molecule has 1 aromatic rings. The normalized spacial score (nSPS) is 19.0. The van der Waals surface area contributed by atoms with Crippen LogP contribution in [0.1, 0.15) is 44.4 Å². The second-order valence-electron chi connectivity index (χ2n) is 6.08. The van der Waals surface area contributed by atoms with E-state index in [0.29, 0.717) is 19.4 Å². The van der Waals surface area contributed by atoms with Crippen LogP contribution in [0.15, 0.2) is 6.20 Å². The topological polar surface area (TPSA) is 66.1 Å². The van der Waals surface area contributed by atoms with E-state index in [1.54, 1.807) is 6.20 Å². The van der Waals surface area contributed by atoms with Crippen LogP contribution >= 0.6 is 0 Å². The second kappa shape index (κ2) is 5.15. The zero-order valence-corrected chi connectivity index (χ0v) is 11.8. The summed E-state index contributed by atoms with van der Waals surface area (Å²) in [6.07, 6.45) is 4.35. The number of piperidine rings is 1. The molecule has 5 nitrogen and oxygen atoms in total. The Hall–Kier alpha value is -1.65. The number of aromatic nitrogens is 2. The van der Waals surface area contributed by atoms with Crippen molar-refractivity contribution in [3.63, 3.8) is 0 Å². The van der Waals surface area contributed by atoms with Crippen LogP contribution in [-0.4, -0.2) is 33.5 Å². The molecule has 0 aliphatic carbocycles. The van der Waals surface area contributed by atoms with Gasteiger partial charge in [-0.25, -0.2) is 0 Å². The van der Waals surface area contributed by atoms with Crippen LogP contribution in [-0.2, 0) is 16.0 Å². The molecule has 2 rings (SSSR count). The van der Waals surface area contributed by atoms with Crippen molar-refractivity contribution in [1.82, 2.24) is 15.1 Å². The van der Waals surface area contributed by atoms with Crippen molar-refractivity contribution in [3.8, 4) is 0 Å². The molecule has 104 valence electrons. The number of nitrogens with zero attached hydrogens (tertiary/aromatic N) is 2. The number of hydrogen-bond donors (Lipinski definition) is 1. The number of carbonyl (C=O) groups is 2. The number of rotatable bonds is 4. The lowest BCUT2D eigenvalue weighted by molar-refractivity contribution is -0.152. The average Bonchev–Trinajstić information content (AvgIpc) is 2.67. The Bertz CT molecular complexity index is 471. The molecule has 0 spiro atoms. The van der Waals surface area contributed by atoms with Gasteiger partial charge in [0.15, 0.2) is 0 Å². The van der Waals surface area contributed by atoms with Crippen LogP contribution in [0.3, 0.4) is 0 Å². The summed E-state index contributed by atoms with van der Waals surface area (Å²) in [5, 5.41) is 6.85. The highest BCUT2D eigenvalue weighted by Crippen LogP contribution is 2.31. The summed E-state index contributed by atoms with van der Waals surface area (Å²) >= 11 is 0. The van der Waals surface area contributed by atoms with E-state index in [4.69, 9.17) is 0 Å². The highest BCUT2D eigenvalue weighted by atomic mass is 16.2. The molecule has 1 fully saturated rings. The van der Waals surface area contributed by atoms with Gasteiger partial charge >= 0.3 is 0 Å². The fourth-order valence-electron chi connectivity index (χ4n) is 2.52. The minimum absolute atomic E-state index is 0.0369. The molecule has 0 unspecified atom stereocenters. The Morgan fingerprint density at radius 1 is 1.32 bits per heavy atom. The van der Waals surface area contributed by atoms with Gasteiger partial charge in [-0.2, -0.15) is 5.10 Å². The molecule has 1 N–H and O–H groups in total. The van der Waals surface area contributed by atoms with Crippen molar-refractivity contribution in [3.05, 3.63) is 17.5 Å². The molecule has 1 aliphatic rings. The smallest absolute Gasteiger partial charge is 0.229 e. The van der Waals surface area contributed by atoms with Crippen LogP contribution in [0, 0.1) is 12.3 Å². The van der Waals surface area contributed by atoms with Gasteiger partial charge < -0.3 is 0 Å². The maximum atomic E-state index is 12.0. The number of hydrogen-bond acceptors (Lipinski definition) is 3. The largest absolute Gasteiger partial charge is 0.283 e. The van der Waals surface area contributed by atoms with Gasteiger partial charge in [0.1, 0.15) is 0 Å². The predicted molar refractivity (Wildman–Crippen MR) is 71.4 cm³/mol. The Balaban J connectivity index is 1.88. The molecule has 19 heavy (non-hydrogen) atoms. The van der Waals surface area contributed by atoms with Crippen molar-refractivity contribution in [1.29, 1.82) is 0 Å². The minimum atomic E-state index is -0.189. The van der Waals surface area contributed by atoms with Crippen molar-refractivity contribution in [2.45, 2.75) is 46.5 Å². The summed E-state index contributed by atoms with van der Waals surface area (Å²) < 4.78 is 0. The van der Waals surface area contributed by atoms with E-state index in [9.17, 15) is 9.59 Å². The summed E-state index contributed by atoms with van der Waals surface area (Å²) in [7, 11) is 0. The molecule has 1 aliphatic heterocycles. The fraction of sp³-hybridized carbons (Fsp3) is 0.643. The molecule has 1 saturated heterocycles. The van der Waals surface area contributed by atoms with E-state index >= 15 is 0 Å². The van der Waals surface area contributed by atoms with Gasteiger partial charge in [0.2, 0.25) is 11.8 Å². The van der Waals surface area contributed by atoms with Crippen molar-refractivity contribution >= 4 is 11.8 Å². The first-order valence-electron chi connectivity index (χ1n) is 6.71. The van der Waals surface area contributed by atoms with Crippen molar-refractivity contribution in [2.75, 3.05) is 6.54 Å². The van der Waals surface area contributed by atoms with Crippen LogP contribution in [0.2, 0.25) is 0 Å². The van der Waals surface area contributed by atoms with Crippen molar-refractivity contribution in [2.24, 2.45) is 5.41 Å². The van der Waals surface area contributed by atoms with E-state index in [1.807, 2.05) is 20.8 Å². The van der Waals surface area contributed by atoms with E-state index in [-0.39, 0.29) is 17.2 Å². The van der Waals surface area contributed by atoms with E-state index in [0.717, 1.165) is 24.1 Å². The number of likely N-dealkylation sites (tertiary alicyclic amines) is 1. The summed E-state index contributed by atoms with van der Waals surface area (Å²) in [6.45, 7) is 6.42. The molecular weight excluding hydrogens is 242 g/mol. The lowest BCUT2D eigenvalue weighted by Crippen LogP contribution is -2.46. The molecule has 2 heterocycles. The summed E-state index contributed by atoms with van der Waals surface area (Å²) in [5.74, 6) is -0.0738. The van der Waals surface area contributed by atoms with Crippen LogP contribution in [0.25, 0.3) is 0 Å². The van der Waals surface area contributed by atoms with Crippen LogP contribution < -0.4 is 0 Å². The second-order valence-corrected chi connectivity index (χ2v) is 6.08. The number of nitrogens with one attached hydrogen (secondary N) is 1. The highest BCUT2D eigenvalue weighted by Gasteiger charge is 2.36. The third-order valence-corrected chi connectivity index (χ3v) is 3.62. The number of aromatic amines is 1. The zero-order valence-electron chi connectivity index (χ0n) is 11.8. The Morgan fingerprint density at radius 2 is 1.95 bits per heavy atom. The number of amides is 2. The summed E-state index contributed by atoms with van der Waals surface area (Å²) in [5.41, 5.74) is 2.01. The monoisotopic (exact) mass is 263 g/mol. The standard InChI is InChI=1S/C14H21N3O2/c1-10-11(9-15-16-10)5-4-6-17-12(18)7-14(2,3)8-13(17)19/h9H,4-8H2,1-3H3,(H,15,16). The molecule has 0 bridgehead atoms. The van der Waals surface area contributed by atoms with Gasteiger partial charge in [0, 0.05) is 25.1 Å². The number of carbonyl (C=O) groups excluding carboxylic acids is 2. The van der Waals surface area contributed by atoms with Crippen LogP contribution in [0.4, 0.5) is 0 Å². The number of H-pyrrole nitrogens is 1. The quantitative estimate of drug-likeness (QED) is 0.843. The molecule has 0 aromatic carbocycles. The molecule has 0 atom stereocenters. The van der Waals surface area contributed by atoms with E-state index < -0.39 is 0 Å². The first-order chi connectivity index (χ1) is 8.89. The van der Waals surface area contributed by atoms with Crippen LogP contribution in [0.5, 0.6) is 0 Å². The maximum Gasteiger partial charge on any atom is 0.229 e. The average molecular weight is 263 g/mol. The predicted octanol–water partition coefficient (Wildman–Crippen LogP) is 1.83. The van der Waals surface area contributed by atoms with Gasteiger partial charge in [-0.3, -0.25) is 19.6 Å². The Kier molecular flexibility index (Phi) is 3.73. The molecule has 0 saturated carbocycles. The van der Waals surface area contributed by atoms with Gasteiger partial charge in [-0.15, -0.1) is 0 Å². The Labute approximate surface area is 113 Å². The lowest BCUT2D eigenvalue weighted by atomic mass is 9.81. The molecule has 2 amide bonds. The first kappa shape index (κ1) is 13.8. The molecule has 5 heteroatoms. The van der Waals surface area contributed by atoms with E-state index in [1.165, 1.54) is 4.90 Å². The van der Waals surface area contributed by atoms with Gasteiger partial charge in [0.05, 0.1) is 6.20 Å². The first-order valence-corrected chi connectivity index (χ1v) is 6.71. The van der Waals surface area contributed by atoms with E-state index in [2.05, 4.69) is 10.2 Å². The zero-order chi connectivity index (χ0) is 14.0. The third-order valence-electron chi connectivity index (χ3n) is 3.62. The molecular formula is C14H21N3O2. The third kappa shape index (κ3) is 3.22. The van der Waals surface area contributed by atoms with Gasteiger partial charge in [0.25, 0.3) is 0 Å². The summed E-state index contributed by atoms with van der Waals surface area (Å²) in [6, 6.07) is 0. The van der Waals surface area contributed by atoms with Gasteiger partial charge in [-0.05, 0) is 30.7 Å². The Morgan fingerprint density at radius 3 is 2.47 bits per heavy atom. The number of aryl methyl sites for hydroxylation is 2. The number of imide groups is 1.